The van der Waals surface area contributed by atoms with Gasteiger partial charge in [-0.3, -0.25) is 10.1 Å². The van der Waals surface area contributed by atoms with Gasteiger partial charge in [0.05, 0.1) is 12.6 Å². The van der Waals surface area contributed by atoms with Crippen molar-refractivity contribution in [3.8, 4) is 33.3 Å². The lowest BCUT2D eigenvalue weighted by Crippen LogP contribution is -2.28. The van der Waals surface area contributed by atoms with Gasteiger partial charge in [-0.05, 0) is 47.2 Å². The predicted molar refractivity (Wildman–Crippen MR) is 149 cm³/mol. The zero-order valence-electron chi connectivity index (χ0n) is 23.3. The first-order valence-corrected chi connectivity index (χ1v) is 13.5. The lowest BCUT2D eigenvalue weighted by atomic mass is 10.0. The summed E-state index contributed by atoms with van der Waals surface area (Å²) in [5.74, 6) is -0.121. The second-order valence-corrected chi connectivity index (χ2v) is 10.2. The first kappa shape index (κ1) is 31.7. The number of urea groups is 1. The maximum absolute atomic E-state index is 13.4. The minimum absolute atomic E-state index is 0.0290. The zero-order valence-corrected chi connectivity index (χ0v) is 24.1. The highest BCUT2D eigenvalue weighted by atomic mass is 32.1. The van der Waals surface area contributed by atoms with Crippen LogP contribution >= 0.6 is 11.3 Å². The summed E-state index contributed by atoms with van der Waals surface area (Å²) in [4.78, 5) is 40.7. The number of alkyl halides is 3. The fraction of sp³-hybridized carbons (Fsp3) is 0.423. The molecule has 41 heavy (non-hydrogen) atoms. The Kier molecular flexibility index (Phi) is 11.0. The Morgan fingerprint density at radius 2 is 1.73 bits per heavy atom. The van der Waals surface area contributed by atoms with Crippen LogP contribution in [0.3, 0.4) is 0 Å². The third-order valence-corrected chi connectivity index (χ3v) is 6.27. The molecule has 0 aromatic carbocycles. The van der Waals surface area contributed by atoms with Crippen LogP contribution in [0.2, 0.25) is 0 Å². The second kappa shape index (κ2) is 14.2. The minimum Gasteiger partial charge on any atom is -0.476 e. The SMILES string of the molecule is CCNC(=O)Nc1cc(-c2nc(C(F)(F)F)cs2)c(-c2cc(OC(=O)CCN(C)C)cnc2OCCN(C)C)cn1. The van der Waals surface area contributed by atoms with Gasteiger partial charge in [-0.25, -0.2) is 19.7 Å². The second-order valence-electron chi connectivity index (χ2n) is 9.34. The van der Waals surface area contributed by atoms with Gasteiger partial charge >= 0.3 is 18.2 Å². The summed E-state index contributed by atoms with van der Waals surface area (Å²) in [6, 6.07) is 2.40. The van der Waals surface area contributed by atoms with E-state index in [0.29, 0.717) is 30.8 Å². The van der Waals surface area contributed by atoms with E-state index >= 15 is 0 Å². The van der Waals surface area contributed by atoms with Crippen molar-refractivity contribution in [1.82, 2.24) is 30.1 Å². The van der Waals surface area contributed by atoms with Gasteiger partial charge in [-0.2, -0.15) is 13.2 Å². The third-order valence-electron chi connectivity index (χ3n) is 5.40. The largest absolute Gasteiger partial charge is 0.476 e. The van der Waals surface area contributed by atoms with Gasteiger partial charge in [0.15, 0.2) is 5.69 Å². The van der Waals surface area contributed by atoms with Gasteiger partial charge < -0.3 is 24.6 Å². The van der Waals surface area contributed by atoms with Crippen LogP contribution in [-0.2, 0) is 11.0 Å². The van der Waals surface area contributed by atoms with Crippen LogP contribution in [0.5, 0.6) is 11.6 Å². The van der Waals surface area contributed by atoms with Gasteiger partial charge in [0.1, 0.15) is 23.2 Å². The molecule has 0 unspecified atom stereocenters. The number of ether oxygens (including phenoxy) is 2. The monoisotopic (exact) mass is 595 g/mol. The summed E-state index contributed by atoms with van der Waals surface area (Å²) in [7, 11) is 7.40. The van der Waals surface area contributed by atoms with E-state index in [-0.39, 0.29) is 41.0 Å². The molecular weight excluding hydrogens is 563 g/mol. The molecule has 15 heteroatoms. The molecular formula is C26H32F3N7O4S. The van der Waals surface area contributed by atoms with Crippen LogP contribution in [0, 0.1) is 0 Å². The number of hydrogen-bond acceptors (Lipinski definition) is 10. The molecule has 3 aromatic rings. The van der Waals surface area contributed by atoms with Crippen LogP contribution in [0.25, 0.3) is 21.7 Å². The van der Waals surface area contributed by atoms with E-state index in [1.54, 1.807) is 6.92 Å². The molecule has 2 amide bonds. The van der Waals surface area contributed by atoms with Crippen LogP contribution in [0.1, 0.15) is 19.0 Å². The van der Waals surface area contributed by atoms with E-state index in [1.807, 2.05) is 38.0 Å². The summed E-state index contributed by atoms with van der Waals surface area (Å²) >= 11 is 0.783. The van der Waals surface area contributed by atoms with Gasteiger partial charge in [0, 0.05) is 47.9 Å². The van der Waals surface area contributed by atoms with E-state index in [0.717, 1.165) is 16.7 Å². The minimum atomic E-state index is -4.65. The summed E-state index contributed by atoms with van der Waals surface area (Å²) in [5, 5.41) is 6.07. The summed E-state index contributed by atoms with van der Waals surface area (Å²) < 4.78 is 51.6. The number of nitrogens with one attached hydrogen (secondary N) is 2. The number of pyridine rings is 2. The highest BCUT2D eigenvalue weighted by Crippen LogP contribution is 2.41. The van der Waals surface area contributed by atoms with E-state index in [4.69, 9.17) is 9.47 Å². The fourth-order valence-electron chi connectivity index (χ4n) is 3.38. The molecule has 3 aromatic heterocycles. The number of nitrogens with zero attached hydrogens (tertiary/aromatic N) is 5. The quantitative estimate of drug-likeness (QED) is 0.296. The van der Waals surface area contributed by atoms with Crippen molar-refractivity contribution >= 4 is 29.2 Å². The van der Waals surface area contributed by atoms with Gasteiger partial charge in [0.2, 0.25) is 5.88 Å². The Bertz CT molecular complexity index is 1350. The molecule has 3 rings (SSSR count). The molecule has 0 saturated carbocycles. The van der Waals surface area contributed by atoms with Crippen LogP contribution in [-0.4, -0.2) is 91.2 Å². The normalized spacial score (nSPS) is 11.6. The molecule has 0 radical (unpaired) electrons. The maximum Gasteiger partial charge on any atom is 0.434 e. The van der Waals surface area contributed by atoms with Crippen molar-refractivity contribution in [2.75, 3.05) is 59.7 Å². The van der Waals surface area contributed by atoms with Crippen molar-refractivity contribution in [3.63, 3.8) is 0 Å². The lowest BCUT2D eigenvalue weighted by Gasteiger charge is -2.16. The van der Waals surface area contributed by atoms with Crippen LogP contribution in [0.4, 0.5) is 23.8 Å². The standard InChI is InChI=1S/C26H32F3N7O4S/c1-6-30-25(38)34-21-12-18(24-33-20(15-41-24)26(27,28)29)19(14-31-21)17-11-16(40-22(37)7-8-35(2)3)13-32-23(17)39-10-9-36(4)5/h11-15H,6-10H2,1-5H3,(H2,30,31,34,38). The Morgan fingerprint density at radius 3 is 2.37 bits per heavy atom. The first-order chi connectivity index (χ1) is 19.4. The molecule has 0 saturated heterocycles. The van der Waals surface area contributed by atoms with Gasteiger partial charge in [0.25, 0.3) is 0 Å². The smallest absolute Gasteiger partial charge is 0.434 e. The molecule has 2 N–H and O–H groups in total. The third kappa shape index (κ3) is 9.37. The number of aromatic nitrogens is 3. The number of esters is 1. The van der Waals surface area contributed by atoms with E-state index in [1.165, 1.54) is 24.5 Å². The molecule has 0 fully saturated rings. The number of anilines is 1. The highest BCUT2D eigenvalue weighted by molar-refractivity contribution is 7.13. The number of carbonyl (C=O) groups excluding carboxylic acids is 2. The van der Waals surface area contributed by atoms with Crippen LogP contribution < -0.4 is 20.1 Å². The first-order valence-electron chi connectivity index (χ1n) is 12.6. The highest BCUT2D eigenvalue weighted by Gasteiger charge is 2.34. The van der Waals surface area contributed by atoms with Crippen molar-refractivity contribution in [2.45, 2.75) is 19.5 Å². The number of carbonyl (C=O) groups is 2. The Hall–Kier alpha value is -3.82. The van der Waals surface area contributed by atoms with Crippen molar-refractivity contribution in [2.24, 2.45) is 0 Å². The Morgan fingerprint density at radius 1 is 1.00 bits per heavy atom. The number of hydrogen-bond donors (Lipinski definition) is 2. The Balaban J connectivity index is 2.12. The molecule has 0 aliphatic rings. The summed E-state index contributed by atoms with van der Waals surface area (Å²) in [6.45, 7) is 3.39. The van der Waals surface area contributed by atoms with Gasteiger partial charge in [-0.1, -0.05) is 0 Å². The molecule has 11 nitrogen and oxygen atoms in total. The molecule has 3 heterocycles. The van der Waals surface area contributed by atoms with Crippen LogP contribution in [0.15, 0.2) is 29.9 Å². The summed E-state index contributed by atoms with van der Waals surface area (Å²) in [6.07, 6.45) is -1.80. The van der Waals surface area contributed by atoms with Gasteiger partial charge in [-0.15, -0.1) is 11.3 Å². The number of amides is 2. The van der Waals surface area contributed by atoms with E-state index in [9.17, 15) is 22.8 Å². The van der Waals surface area contributed by atoms with E-state index in [2.05, 4.69) is 25.6 Å². The predicted octanol–water partition coefficient (Wildman–Crippen LogP) is 4.22. The molecule has 0 aliphatic heterocycles. The van der Waals surface area contributed by atoms with E-state index < -0.39 is 23.9 Å². The molecule has 0 atom stereocenters. The number of halogens is 3. The molecule has 222 valence electrons. The number of likely N-dealkylation sites (N-methyl/N-ethyl adjacent to an activating group) is 1. The summed E-state index contributed by atoms with van der Waals surface area (Å²) in [5.41, 5.74) is -0.184. The molecule has 0 bridgehead atoms. The molecule has 0 spiro atoms. The maximum atomic E-state index is 13.4. The zero-order chi connectivity index (χ0) is 30.2. The van der Waals surface area contributed by atoms with Crippen molar-refractivity contribution < 1.29 is 32.2 Å². The molecule has 0 aliphatic carbocycles. The topological polar surface area (TPSA) is 122 Å². The van der Waals surface area contributed by atoms with Crippen molar-refractivity contribution in [1.29, 1.82) is 0 Å². The Labute approximate surface area is 239 Å². The lowest BCUT2D eigenvalue weighted by molar-refractivity contribution is -0.140. The number of thiazole rings is 1. The average Bonchev–Trinajstić information content (AvgIpc) is 3.39. The fourth-order valence-corrected chi connectivity index (χ4v) is 4.24. The number of rotatable bonds is 12. The average molecular weight is 596 g/mol. The van der Waals surface area contributed by atoms with Crippen molar-refractivity contribution in [3.05, 3.63) is 35.6 Å².